The van der Waals surface area contributed by atoms with Crippen LogP contribution in [0.25, 0.3) is 0 Å². The van der Waals surface area contributed by atoms with E-state index in [0.29, 0.717) is 11.8 Å². The molecule has 0 aliphatic heterocycles. The summed E-state index contributed by atoms with van der Waals surface area (Å²) in [5.41, 5.74) is 5.52. The first-order valence-corrected chi connectivity index (χ1v) is 9.63. The van der Waals surface area contributed by atoms with Crippen molar-refractivity contribution in [3.05, 3.63) is 70.8 Å². The molecule has 0 bridgehead atoms. The summed E-state index contributed by atoms with van der Waals surface area (Å²) in [4.78, 5) is 0. The van der Waals surface area contributed by atoms with Gasteiger partial charge in [-0.3, -0.25) is 0 Å². The molecule has 0 N–H and O–H groups in total. The molecular formula is C24H34O. The van der Waals surface area contributed by atoms with E-state index in [0.717, 1.165) is 12.8 Å². The van der Waals surface area contributed by atoms with Gasteiger partial charge in [0.2, 0.25) is 0 Å². The van der Waals surface area contributed by atoms with Crippen molar-refractivity contribution >= 4 is 0 Å². The molecule has 0 amide bonds. The standard InChI is InChI=1S/C24H34O/c1-17(2)23(15-21-13-9-7-11-19(21)5)25-24(18(3)4)16-22-14-10-8-12-20(22)6/h7-14,17-18,23-24H,15-16H2,1-6H3. The van der Waals surface area contributed by atoms with Crippen molar-refractivity contribution in [3.8, 4) is 0 Å². The van der Waals surface area contributed by atoms with Gasteiger partial charge >= 0.3 is 0 Å². The van der Waals surface area contributed by atoms with Crippen molar-refractivity contribution in [3.63, 3.8) is 0 Å². The highest BCUT2D eigenvalue weighted by molar-refractivity contribution is 5.27. The number of rotatable bonds is 8. The van der Waals surface area contributed by atoms with Gasteiger partial charge in [0.25, 0.3) is 0 Å². The Hall–Kier alpha value is -1.60. The maximum Gasteiger partial charge on any atom is 0.0642 e. The van der Waals surface area contributed by atoms with Gasteiger partial charge in [0, 0.05) is 0 Å². The van der Waals surface area contributed by atoms with Crippen LogP contribution in [0.3, 0.4) is 0 Å². The van der Waals surface area contributed by atoms with Crippen LogP contribution in [0.1, 0.15) is 49.9 Å². The van der Waals surface area contributed by atoms with Gasteiger partial charge in [0.1, 0.15) is 0 Å². The Morgan fingerprint density at radius 2 is 1.00 bits per heavy atom. The first-order valence-electron chi connectivity index (χ1n) is 9.63. The minimum Gasteiger partial charge on any atom is -0.374 e. The lowest BCUT2D eigenvalue weighted by atomic mass is 9.93. The van der Waals surface area contributed by atoms with Gasteiger partial charge in [0.15, 0.2) is 0 Å². The van der Waals surface area contributed by atoms with E-state index in [1.165, 1.54) is 22.3 Å². The van der Waals surface area contributed by atoms with E-state index in [-0.39, 0.29) is 12.2 Å². The summed E-state index contributed by atoms with van der Waals surface area (Å²) in [6.45, 7) is 13.5. The highest BCUT2D eigenvalue weighted by atomic mass is 16.5. The summed E-state index contributed by atoms with van der Waals surface area (Å²) in [6.07, 6.45) is 2.47. The van der Waals surface area contributed by atoms with Crippen LogP contribution in [-0.2, 0) is 17.6 Å². The number of benzene rings is 2. The van der Waals surface area contributed by atoms with Crippen molar-refractivity contribution < 1.29 is 4.74 Å². The third kappa shape index (κ3) is 5.71. The fourth-order valence-corrected chi connectivity index (χ4v) is 3.22. The number of ether oxygens (including phenoxy) is 1. The molecule has 0 saturated carbocycles. The van der Waals surface area contributed by atoms with Crippen LogP contribution in [0.15, 0.2) is 48.5 Å². The van der Waals surface area contributed by atoms with Crippen LogP contribution in [-0.4, -0.2) is 12.2 Å². The molecule has 0 aromatic heterocycles. The number of hydrogen-bond donors (Lipinski definition) is 0. The molecule has 2 aromatic carbocycles. The van der Waals surface area contributed by atoms with Crippen molar-refractivity contribution in [2.45, 2.75) is 66.6 Å². The lowest BCUT2D eigenvalue weighted by Crippen LogP contribution is -2.33. The summed E-state index contributed by atoms with van der Waals surface area (Å²) in [5.74, 6) is 0.996. The number of aryl methyl sites for hydroxylation is 2. The maximum atomic E-state index is 6.69. The van der Waals surface area contributed by atoms with Crippen LogP contribution in [0, 0.1) is 25.7 Å². The van der Waals surface area contributed by atoms with Gasteiger partial charge < -0.3 is 4.74 Å². The van der Waals surface area contributed by atoms with Gasteiger partial charge in [0.05, 0.1) is 12.2 Å². The van der Waals surface area contributed by atoms with E-state index in [2.05, 4.69) is 90.1 Å². The molecule has 0 aliphatic rings. The van der Waals surface area contributed by atoms with E-state index in [1.54, 1.807) is 0 Å². The van der Waals surface area contributed by atoms with Gasteiger partial charge in [-0.1, -0.05) is 76.2 Å². The summed E-state index contributed by atoms with van der Waals surface area (Å²) in [6, 6.07) is 17.3. The predicted molar refractivity (Wildman–Crippen MR) is 108 cm³/mol. The summed E-state index contributed by atoms with van der Waals surface area (Å²) in [7, 11) is 0. The molecule has 2 atom stereocenters. The molecule has 25 heavy (non-hydrogen) atoms. The fraction of sp³-hybridized carbons (Fsp3) is 0.500. The minimum atomic E-state index is 0.248. The molecule has 1 heteroatoms. The monoisotopic (exact) mass is 338 g/mol. The van der Waals surface area contributed by atoms with E-state index in [9.17, 15) is 0 Å². The van der Waals surface area contributed by atoms with Gasteiger partial charge in [-0.2, -0.15) is 0 Å². The van der Waals surface area contributed by atoms with E-state index >= 15 is 0 Å². The quantitative estimate of drug-likeness (QED) is 0.560. The smallest absolute Gasteiger partial charge is 0.0642 e. The molecule has 2 rings (SSSR count). The second kappa shape index (κ2) is 9.20. The van der Waals surface area contributed by atoms with E-state index in [1.807, 2.05) is 0 Å². The van der Waals surface area contributed by atoms with Crippen molar-refractivity contribution in [2.24, 2.45) is 11.8 Å². The lowest BCUT2D eigenvalue weighted by molar-refractivity contribution is -0.0553. The van der Waals surface area contributed by atoms with Crippen LogP contribution in [0.2, 0.25) is 0 Å². The topological polar surface area (TPSA) is 9.23 Å². The highest BCUT2D eigenvalue weighted by Gasteiger charge is 2.23. The Bertz CT molecular complexity index is 599. The molecule has 136 valence electrons. The first-order chi connectivity index (χ1) is 11.9. The zero-order valence-electron chi connectivity index (χ0n) is 16.8. The van der Waals surface area contributed by atoms with Gasteiger partial charge in [-0.15, -0.1) is 0 Å². The zero-order chi connectivity index (χ0) is 18.4. The summed E-state index contributed by atoms with van der Waals surface area (Å²) >= 11 is 0. The normalized spacial score (nSPS) is 14.1. The summed E-state index contributed by atoms with van der Waals surface area (Å²) < 4.78 is 6.69. The van der Waals surface area contributed by atoms with Crippen molar-refractivity contribution in [1.29, 1.82) is 0 Å². The Morgan fingerprint density at radius 3 is 1.32 bits per heavy atom. The third-order valence-electron chi connectivity index (χ3n) is 5.20. The molecule has 0 fully saturated rings. The molecule has 1 nitrogen and oxygen atoms in total. The number of hydrogen-bond acceptors (Lipinski definition) is 1. The fourth-order valence-electron chi connectivity index (χ4n) is 3.22. The van der Waals surface area contributed by atoms with Crippen LogP contribution in [0.5, 0.6) is 0 Å². The highest BCUT2D eigenvalue weighted by Crippen LogP contribution is 2.23. The van der Waals surface area contributed by atoms with Crippen molar-refractivity contribution in [2.75, 3.05) is 0 Å². The molecule has 0 radical (unpaired) electrons. The third-order valence-corrected chi connectivity index (χ3v) is 5.20. The van der Waals surface area contributed by atoms with Crippen LogP contribution in [0.4, 0.5) is 0 Å². The molecular weight excluding hydrogens is 304 g/mol. The van der Waals surface area contributed by atoms with E-state index in [4.69, 9.17) is 4.74 Å². The maximum absolute atomic E-state index is 6.69. The molecule has 0 saturated heterocycles. The Kier molecular flexibility index (Phi) is 7.25. The SMILES string of the molecule is Cc1ccccc1CC(OC(Cc1ccccc1C)C(C)C)C(C)C. The first kappa shape index (κ1) is 19.7. The summed E-state index contributed by atoms with van der Waals surface area (Å²) in [5, 5.41) is 0. The van der Waals surface area contributed by atoms with Crippen molar-refractivity contribution in [1.82, 2.24) is 0 Å². The van der Waals surface area contributed by atoms with Crippen LogP contribution >= 0.6 is 0 Å². The Balaban J connectivity index is 2.14. The molecule has 2 unspecified atom stereocenters. The molecule has 0 aliphatic carbocycles. The molecule has 2 aromatic rings. The average molecular weight is 339 g/mol. The largest absolute Gasteiger partial charge is 0.374 e. The molecule has 0 heterocycles. The van der Waals surface area contributed by atoms with E-state index < -0.39 is 0 Å². The van der Waals surface area contributed by atoms with Gasteiger partial charge in [-0.05, 0) is 60.8 Å². The van der Waals surface area contributed by atoms with Gasteiger partial charge in [-0.25, -0.2) is 0 Å². The second-order valence-corrected chi connectivity index (χ2v) is 7.96. The second-order valence-electron chi connectivity index (χ2n) is 7.96. The Labute approximate surface area is 154 Å². The van der Waals surface area contributed by atoms with Crippen LogP contribution < -0.4 is 0 Å². The molecule has 0 spiro atoms. The average Bonchev–Trinajstić information content (AvgIpc) is 2.56. The zero-order valence-corrected chi connectivity index (χ0v) is 16.8. The predicted octanol–water partition coefficient (Wildman–Crippen LogP) is 6.15. The minimum absolute atomic E-state index is 0.248. The lowest BCUT2D eigenvalue weighted by Gasteiger charge is -2.31. The Morgan fingerprint density at radius 1 is 0.640 bits per heavy atom.